The van der Waals surface area contributed by atoms with Gasteiger partial charge in [0.05, 0.1) is 0 Å². The van der Waals surface area contributed by atoms with E-state index in [1.54, 1.807) is 0 Å². The molecule has 0 aromatic heterocycles. The fraction of sp³-hybridized carbons (Fsp3) is 0.783. The summed E-state index contributed by atoms with van der Waals surface area (Å²) in [6.45, 7) is 6.59. The van der Waals surface area contributed by atoms with E-state index in [-0.39, 0.29) is 31.1 Å². The minimum absolute atomic E-state index is 0.0877. The average molecular weight is 924 g/mol. The van der Waals surface area contributed by atoms with Gasteiger partial charge in [-0.25, -0.2) is 0 Å². The molecule has 0 saturated carbocycles. The first-order chi connectivity index (χ1) is 32.5. The van der Waals surface area contributed by atoms with Crippen LogP contribution in [-0.2, 0) is 28.6 Å². The molecular formula is C60H106O6. The lowest BCUT2D eigenvalue weighted by Crippen LogP contribution is -2.30. The molecule has 382 valence electrons. The zero-order chi connectivity index (χ0) is 47.9. The summed E-state index contributed by atoms with van der Waals surface area (Å²) < 4.78 is 16.8. The number of unbranched alkanes of at least 4 members (excludes halogenated alkanes) is 33. The van der Waals surface area contributed by atoms with E-state index in [0.29, 0.717) is 19.3 Å². The maximum Gasteiger partial charge on any atom is 0.306 e. The monoisotopic (exact) mass is 923 g/mol. The van der Waals surface area contributed by atoms with E-state index in [1.165, 1.54) is 148 Å². The van der Waals surface area contributed by atoms with Crippen LogP contribution in [0.15, 0.2) is 60.8 Å². The summed E-state index contributed by atoms with van der Waals surface area (Å²) in [5.41, 5.74) is 0. The van der Waals surface area contributed by atoms with Crippen LogP contribution < -0.4 is 0 Å². The zero-order valence-electron chi connectivity index (χ0n) is 43.7. The molecule has 6 heteroatoms. The molecule has 1 atom stereocenters. The van der Waals surface area contributed by atoms with Crippen LogP contribution in [0.4, 0.5) is 0 Å². The highest BCUT2D eigenvalue weighted by molar-refractivity contribution is 5.71. The topological polar surface area (TPSA) is 78.9 Å². The predicted molar refractivity (Wildman–Crippen MR) is 284 cm³/mol. The standard InChI is InChI=1S/C60H106O6/c1-4-7-10-13-16-19-22-25-28-30-31-33-35-38-41-44-47-50-53-59(62)65-56-57(55-64-58(61)52-49-46-43-40-37-34-27-24-21-18-15-12-9-6-3)66-60(63)54-51-48-45-42-39-36-32-29-26-23-20-17-14-11-8-5-2/h16,19,22,25,28,30-31,33-34,37,57H,4-15,17-18,20-21,23-24,26-27,29,32,35-36,38-56H2,1-3H3/b19-16-,25-22-,30-28-,33-31-,37-34-. The third-order valence-electron chi connectivity index (χ3n) is 12.3. The minimum Gasteiger partial charge on any atom is -0.462 e. The van der Waals surface area contributed by atoms with Crippen molar-refractivity contribution in [2.45, 2.75) is 290 Å². The Balaban J connectivity index is 4.43. The molecule has 0 N–H and O–H groups in total. The second kappa shape index (κ2) is 54.7. The molecule has 0 spiro atoms. The Morgan fingerprint density at radius 3 is 0.939 bits per heavy atom. The Morgan fingerprint density at radius 1 is 0.303 bits per heavy atom. The highest BCUT2D eigenvalue weighted by atomic mass is 16.6. The third kappa shape index (κ3) is 52.1. The fourth-order valence-corrected chi connectivity index (χ4v) is 8.04. The van der Waals surface area contributed by atoms with Gasteiger partial charge in [0.2, 0.25) is 0 Å². The van der Waals surface area contributed by atoms with E-state index in [1.807, 2.05) is 0 Å². The van der Waals surface area contributed by atoms with E-state index in [4.69, 9.17) is 14.2 Å². The van der Waals surface area contributed by atoms with Crippen molar-refractivity contribution >= 4 is 17.9 Å². The smallest absolute Gasteiger partial charge is 0.306 e. The Kier molecular flexibility index (Phi) is 52.3. The van der Waals surface area contributed by atoms with E-state index >= 15 is 0 Å². The van der Waals surface area contributed by atoms with Crippen LogP contribution in [0.5, 0.6) is 0 Å². The highest BCUT2D eigenvalue weighted by Gasteiger charge is 2.19. The van der Waals surface area contributed by atoms with Gasteiger partial charge in [-0.05, 0) is 70.6 Å². The average Bonchev–Trinajstić information content (AvgIpc) is 3.31. The lowest BCUT2D eigenvalue weighted by atomic mass is 10.0. The second-order valence-electron chi connectivity index (χ2n) is 18.9. The third-order valence-corrected chi connectivity index (χ3v) is 12.3. The van der Waals surface area contributed by atoms with Crippen LogP contribution in [0.1, 0.15) is 284 Å². The summed E-state index contributed by atoms with van der Waals surface area (Å²) in [7, 11) is 0. The predicted octanol–water partition coefficient (Wildman–Crippen LogP) is 18.8. The first-order valence-corrected chi connectivity index (χ1v) is 28.3. The fourth-order valence-electron chi connectivity index (χ4n) is 8.04. The quantitative estimate of drug-likeness (QED) is 0.0199. The largest absolute Gasteiger partial charge is 0.462 e. The van der Waals surface area contributed by atoms with E-state index < -0.39 is 6.10 Å². The van der Waals surface area contributed by atoms with Crippen LogP contribution in [0.2, 0.25) is 0 Å². The number of rotatable bonds is 51. The Bertz CT molecular complexity index is 1200. The Morgan fingerprint density at radius 2 is 0.561 bits per heavy atom. The van der Waals surface area contributed by atoms with Gasteiger partial charge in [0, 0.05) is 19.3 Å². The summed E-state index contributed by atoms with van der Waals surface area (Å²) in [5.74, 6) is -0.913. The molecular weight excluding hydrogens is 817 g/mol. The minimum atomic E-state index is -0.788. The molecule has 0 aliphatic heterocycles. The summed E-state index contributed by atoms with van der Waals surface area (Å²) in [4.78, 5) is 38.1. The van der Waals surface area contributed by atoms with Gasteiger partial charge in [0.15, 0.2) is 6.10 Å². The van der Waals surface area contributed by atoms with E-state index in [2.05, 4.69) is 81.5 Å². The van der Waals surface area contributed by atoms with Crippen molar-refractivity contribution in [3.63, 3.8) is 0 Å². The van der Waals surface area contributed by atoms with Gasteiger partial charge < -0.3 is 14.2 Å². The van der Waals surface area contributed by atoms with Gasteiger partial charge in [-0.15, -0.1) is 0 Å². The van der Waals surface area contributed by atoms with Crippen LogP contribution >= 0.6 is 0 Å². The van der Waals surface area contributed by atoms with Gasteiger partial charge in [0.25, 0.3) is 0 Å². The molecule has 0 aliphatic carbocycles. The van der Waals surface area contributed by atoms with Crippen molar-refractivity contribution in [1.29, 1.82) is 0 Å². The summed E-state index contributed by atoms with van der Waals surface area (Å²) in [6.07, 6.45) is 67.7. The van der Waals surface area contributed by atoms with Crippen LogP contribution in [0.3, 0.4) is 0 Å². The SMILES string of the molecule is CCCCC\C=C/C=C\C=C/C=C\CCCCCCCC(=O)OCC(COC(=O)CCCCC/C=C\CCCCCCCCC)OC(=O)CCCCCCCCCCCCCCCCCC. The number of carbonyl (C=O) groups excluding carboxylic acids is 3. The molecule has 6 nitrogen and oxygen atoms in total. The molecule has 0 aromatic carbocycles. The lowest BCUT2D eigenvalue weighted by Gasteiger charge is -2.18. The molecule has 0 radical (unpaired) electrons. The van der Waals surface area contributed by atoms with Gasteiger partial charge in [-0.2, -0.15) is 0 Å². The Hall–Kier alpha value is -2.89. The normalized spacial score (nSPS) is 12.5. The summed E-state index contributed by atoms with van der Waals surface area (Å²) in [6, 6.07) is 0. The lowest BCUT2D eigenvalue weighted by molar-refractivity contribution is -0.167. The van der Waals surface area contributed by atoms with E-state index in [9.17, 15) is 14.4 Å². The van der Waals surface area contributed by atoms with Crippen LogP contribution in [0, 0.1) is 0 Å². The van der Waals surface area contributed by atoms with Crippen molar-refractivity contribution < 1.29 is 28.6 Å². The number of carbonyl (C=O) groups is 3. The molecule has 0 aliphatic rings. The number of hydrogen-bond acceptors (Lipinski definition) is 6. The Labute approximate surface area is 409 Å². The van der Waals surface area contributed by atoms with Crippen molar-refractivity contribution in [2.24, 2.45) is 0 Å². The molecule has 0 bridgehead atoms. The first kappa shape index (κ1) is 63.1. The highest BCUT2D eigenvalue weighted by Crippen LogP contribution is 2.16. The summed E-state index contributed by atoms with van der Waals surface area (Å²) >= 11 is 0. The maximum atomic E-state index is 12.8. The molecule has 0 aromatic rings. The van der Waals surface area contributed by atoms with Crippen molar-refractivity contribution in [3.05, 3.63) is 60.8 Å². The van der Waals surface area contributed by atoms with Crippen LogP contribution in [0.25, 0.3) is 0 Å². The zero-order valence-corrected chi connectivity index (χ0v) is 43.7. The van der Waals surface area contributed by atoms with Crippen molar-refractivity contribution in [2.75, 3.05) is 13.2 Å². The van der Waals surface area contributed by atoms with Gasteiger partial charge in [0.1, 0.15) is 13.2 Å². The van der Waals surface area contributed by atoms with Crippen molar-refractivity contribution in [1.82, 2.24) is 0 Å². The van der Waals surface area contributed by atoms with E-state index in [0.717, 1.165) is 96.3 Å². The molecule has 0 fully saturated rings. The molecule has 1 unspecified atom stereocenters. The number of ether oxygens (including phenoxy) is 3. The van der Waals surface area contributed by atoms with Gasteiger partial charge >= 0.3 is 17.9 Å². The number of esters is 3. The number of hydrogen-bond donors (Lipinski definition) is 0. The molecule has 0 heterocycles. The number of allylic oxidation sites excluding steroid dienone is 10. The summed E-state index contributed by atoms with van der Waals surface area (Å²) in [5, 5.41) is 0. The second-order valence-corrected chi connectivity index (χ2v) is 18.9. The van der Waals surface area contributed by atoms with Crippen LogP contribution in [-0.4, -0.2) is 37.2 Å². The first-order valence-electron chi connectivity index (χ1n) is 28.3. The van der Waals surface area contributed by atoms with Crippen molar-refractivity contribution in [3.8, 4) is 0 Å². The maximum absolute atomic E-state index is 12.8. The van der Waals surface area contributed by atoms with Gasteiger partial charge in [-0.1, -0.05) is 255 Å². The molecule has 66 heavy (non-hydrogen) atoms. The molecule has 0 saturated heterocycles. The molecule has 0 rings (SSSR count). The molecule has 0 amide bonds. The van der Waals surface area contributed by atoms with Gasteiger partial charge in [-0.3, -0.25) is 14.4 Å².